The predicted molar refractivity (Wildman–Crippen MR) is 69.6 cm³/mol. The summed E-state index contributed by atoms with van der Waals surface area (Å²) in [4.78, 5) is 2.23. The summed E-state index contributed by atoms with van der Waals surface area (Å²) in [6, 6.07) is 1.94. The lowest BCUT2D eigenvalue weighted by Gasteiger charge is -2.28. The minimum Gasteiger partial charge on any atom is -0.396 e. The van der Waals surface area contributed by atoms with Crippen LogP contribution < -0.4 is 10.6 Å². The predicted octanol–water partition coefficient (Wildman–Crippen LogP) is 0.442. The maximum atomic E-state index is 11.8. The minimum atomic E-state index is -3.45. The summed E-state index contributed by atoms with van der Waals surface area (Å²) in [5.74, 6) is 0. The zero-order valence-electron chi connectivity index (χ0n) is 9.84. The lowest BCUT2D eigenvalue weighted by molar-refractivity contribution is 0.123. The van der Waals surface area contributed by atoms with Crippen LogP contribution in [0, 0.1) is 11.3 Å². The van der Waals surface area contributed by atoms with Crippen LogP contribution in [0.5, 0.6) is 0 Å². The fraction of sp³-hybridized carbons (Fsp3) is 0.500. The summed E-state index contributed by atoms with van der Waals surface area (Å²) in [5, 5.41) is 9.51. The third-order valence-corrected chi connectivity index (χ3v) is 5.11. The Balaban J connectivity index is 2.56. The largest absolute Gasteiger partial charge is 0.396 e. The third kappa shape index (κ3) is 2.29. The van der Waals surface area contributed by atoms with Gasteiger partial charge in [-0.3, -0.25) is 0 Å². The van der Waals surface area contributed by atoms with Gasteiger partial charge in [-0.1, -0.05) is 0 Å². The van der Waals surface area contributed by atoms with Crippen molar-refractivity contribution in [2.24, 2.45) is 0 Å². The second kappa shape index (κ2) is 4.76. The van der Waals surface area contributed by atoms with E-state index in [0.717, 1.165) is 17.6 Å². The molecule has 1 aliphatic rings. The van der Waals surface area contributed by atoms with E-state index in [-0.39, 0.29) is 15.5 Å². The number of nitriles is 1. The molecule has 98 valence electrons. The molecule has 2 rings (SSSR count). The van der Waals surface area contributed by atoms with Gasteiger partial charge in [0, 0.05) is 19.3 Å². The van der Waals surface area contributed by atoms with E-state index in [0.29, 0.717) is 31.3 Å². The summed E-state index contributed by atoms with van der Waals surface area (Å²) in [6.07, 6.45) is 1.11. The molecule has 2 N–H and O–H groups in total. The van der Waals surface area contributed by atoms with Crippen molar-refractivity contribution in [3.05, 3.63) is 4.88 Å². The Kier molecular flexibility index (Phi) is 3.47. The smallest absolute Gasteiger partial charge is 0.180 e. The van der Waals surface area contributed by atoms with Crippen LogP contribution in [0.15, 0.2) is 4.90 Å². The lowest BCUT2D eigenvalue weighted by Crippen LogP contribution is -2.36. The molecule has 1 aliphatic heterocycles. The molecule has 0 unspecified atom stereocenters. The molecule has 18 heavy (non-hydrogen) atoms. The fourth-order valence-electron chi connectivity index (χ4n) is 1.83. The van der Waals surface area contributed by atoms with E-state index in [9.17, 15) is 8.42 Å². The highest BCUT2D eigenvalue weighted by atomic mass is 32.2. The third-order valence-electron chi connectivity index (χ3n) is 2.65. The summed E-state index contributed by atoms with van der Waals surface area (Å²) in [5.41, 5.74) is 5.82. The van der Waals surface area contributed by atoms with Crippen molar-refractivity contribution in [2.45, 2.75) is 4.90 Å². The van der Waals surface area contributed by atoms with E-state index in [2.05, 4.69) is 0 Å². The van der Waals surface area contributed by atoms with E-state index in [1.54, 1.807) is 0 Å². The lowest BCUT2D eigenvalue weighted by atomic mass is 10.4. The normalized spacial score (nSPS) is 16.6. The number of sulfone groups is 1. The average molecular weight is 287 g/mol. The van der Waals surface area contributed by atoms with Crippen LogP contribution in [0.2, 0.25) is 0 Å². The van der Waals surface area contributed by atoms with Gasteiger partial charge in [0.1, 0.15) is 20.8 Å². The Bertz CT molecular complexity index is 595. The van der Waals surface area contributed by atoms with Crippen LogP contribution >= 0.6 is 11.3 Å². The number of rotatable bonds is 2. The topological polar surface area (TPSA) is 96.4 Å². The van der Waals surface area contributed by atoms with E-state index < -0.39 is 9.84 Å². The Morgan fingerprint density at radius 3 is 2.56 bits per heavy atom. The first-order valence-corrected chi connectivity index (χ1v) is 8.01. The van der Waals surface area contributed by atoms with Crippen molar-refractivity contribution in [3.8, 4) is 6.07 Å². The van der Waals surface area contributed by atoms with Gasteiger partial charge in [0.05, 0.1) is 18.9 Å². The van der Waals surface area contributed by atoms with Gasteiger partial charge in [0.15, 0.2) is 9.84 Å². The van der Waals surface area contributed by atoms with Crippen LogP contribution in [0.1, 0.15) is 4.88 Å². The standard InChI is InChI=1S/C10H13N3O3S2/c1-18(14,15)9-8(12)7(6-11)17-10(9)13-2-4-16-5-3-13/h2-5,12H2,1H3. The Labute approximate surface area is 109 Å². The molecule has 0 saturated carbocycles. The maximum absolute atomic E-state index is 11.8. The minimum absolute atomic E-state index is 0.0616. The maximum Gasteiger partial charge on any atom is 0.180 e. The molecule has 1 saturated heterocycles. The molecule has 1 fully saturated rings. The number of nitrogen functional groups attached to an aromatic ring is 1. The van der Waals surface area contributed by atoms with E-state index >= 15 is 0 Å². The van der Waals surface area contributed by atoms with Gasteiger partial charge in [-0.2, -0.15) is 5.26 Å². The Hall–Kier alpha value is -1.30. The van der Waals surface area contributed by atoms with Crippen LogP contribution in [-0.4, -0.2) is 41.0 Å². The molecule has 0 radical (unpaired) electrons. The number of anilines is 2. The highest BCUT2D eigenvalue weighted by Gasteiger charge is 2.28. The number of nitrogens with zero attached hydrogens (tertiary/aromatic N) is 2. The van der Waals surface area contributed by atoms with Crippen molar-refractivity contribution in [1.29, 1.82) is 5.26 Å². The summed E-state index contributed by atoms with van der Waals surface area (Å²) in [7, 11) is -3.45. The number of thiophene rings is 1. The number of ether oxygens (including phenoxy) is 1. The van der Waals surface area contributed by atoms with Gasteiger partial charge in [-0.15, -0.1) is 11.3 Å². The molecule has 1 aromatic heterocycles. The van der Waals surface area contributed by atoms with Gasteiger partial charge in [-0.25, -0.2) is 8.42 Å². The van der Waals surface area contributed by atoms with Crippen LogP contribution in [-0.2, 0) is 14.6 Å². The van der Waals surface area contributed by atoms with Gasteiger partial charge < -0.3 is 15.4 Å². The van der Waals surface area contributed by atoms with Crippen LogP contribution in [0.3, 0.4) is 0 Å². The number of hydrogen-bond acceptors (Lipinski definition) is 7. The molecule has 0 spiro atoms. The SMILES string of the molecule is CS(=O)(=O)c1c(N2CCOCC2)sc(C#N)c1N. The van der Waals surface area contributed by atoms with E-state index in [1.165, 1.54) is 0 Å². The average Bonchev–Trinajstić information content (AvgIpc) is 2.67. The molecule has 2 heterocycles. The molecule has 1 aromatic rings. The highest BCUT2D eigenvalue weighted by Crippen LogP contribution is 2.41. The van der Waals surface area contributed by atoms with Gasteiger partial charge in [0.25, 0.3) is 0 Å². The molecule has 8 heteroatoms. The molecule has 0 atom stereocenters. The molecule has 0 amide bonds. The first-order chi connectivity index (χ1) is 8.45. The quantitative estimate of drug-likeness (QED) is 0.848. The molecular weight excluding hydrogens is 274 g/mol. The first-order valence-electron chi connectivity index (χ1n) is 5.30. The van der Waals surface area contributed by atoms with E-state index in [4.69, 9.17) is 15.7 Å². The monoisotopic (exact) mass is 287 g/mol. The molecule has 0 aromatic carbocycles. The molecule has 0 bridgehead atoms. The van der Waals surface area contributed by atoms with Crippen molar-refractivity contribution in [2.75, 3.05) is 43.2 Å². The Morgan fingerprint density at radius 2 is 2.06 bits per heavy atom. The summed E-state index contributed by atoms with van der Waals surface area (Å²) >= 11 is 1.12. The van der Waals surface area contributed by atoms with Crippen molar-refractivity contribution in [1.82, 2.24) is 0 Å². The summed E-state index contributed by atoms with van der Waals surface area (Å²) in [6.45, 7) is 2.30. The van der Waals surface area contributed by atoms with Crippen molar-refractivity contribution in [3.63, 3.8) is 0 Å². The van der Waals surface area contributed by atoms with Gasteiger partial charge >= 0.3 is 0 Å². The second-order valence-corrected chi connectivity index (χ2v) is 6.91. The Morgan fingerprint density at radius 1 is 1.44 bits per heavy atom. The molecule has 6 nitrogen and oxygen atoms in total. The number of morpholine rings is 1. The molecule has 0 aliphatic carbocycles. The van der Waals surface area contributed by atoms with Crippen molar-refractivity contribution >= 4 is 31.9 Å². The van der Waals surface area contributed by atoms with Gasteiger partial charge in [-0.05, 0) is 0 Å². The van der Waals surface area contributed by atoms with Gasteiger partial charge in [0.2, 0.25) is 0 Å². The fourth-order valence-corrected chi connectivity index (χ4v) is 4.39. The zero-order chi connectivity index (χ0) is 13.3. The van der Waals surface area contributed by atoms with Crippen LogP contribution in [0.4, 0.5) is 10.7 Å². The second-order valence-electron chi connectivity index (χ2n) is 3.96. The summed E-state index contributed by atoms with van der Waals surface area (Å²) < 4.78 is 28.8. The van der Waals surface area contributed by atoms with Crippen LogP contribution in [0.25, 0.3) is 0 Å². The van der Waals surface area contributed by atoms with E-state index in [1.807, 2.05) is 11.0 Å². The number of nitrogens with two attached hydrogens (primary N) is 1. The highest BCUT2D eigenvalue weighted by molar-refractivity contribution is 7.91. The zero-order valence-corrected chi connectivity index (χ0v) is 11.5. The molecular formula is C10H13N3O3S2. The number of hydrogen-bond donors (Lipinski definition) is 1. The first kappa shape index (κ1) is 13.1. The van der Waals surface area contributed by atoms with Crippen molar-refractivity contribution < 1.29 is 13.2 Å².